The highest BCUT2D eigenvalue weighted by Gasteiger charge is 2.51. The van der Waals surface area contributed by atoms with Gasteiger partial charge < -0.3 is 4.74 Å². The SMILES string of the molecule is COC1(C2Cc3ccccc3C2N=O)Cc2ccccc2C1. The lowest BCUT2D eigenvalue weighted by Gasteiger charge is -2.35. The maximum Gasteiger partial charge on any atom is 0.123 e. The molecule has 2 aromatic carbocycles. The lowest BCUT2D eigenvalue weighted by Crippen LogP contribution is -2.42. The van der Waals surface area contributed by atoms with Crippen LogP contribution in [0.2, 0.25) is 0 Å². The fourth-order valence-corrected chi connectivity index (χ4v) is 4.35. The molecule has 0 saturated heterocycles. The number of hydrogen-bond donors (Lipinski definition) is 0. The lowest BCUT2D eigenvalue weighted by atomic mass is 9.80. The van der Waals surface area contributed by atoms with Crippen molar-refractivity contribution in [1.82, 2.24) is 0 Å². The Hall–Kier alpha value is -2.00. The van der Waals surface area contributed by atoms with E-state index in [1.165, 1.54) is 16.7 Å². The van der Waals surface area contributed by atoms with Crippen LogP contribution in [-0.2, 0) is 24.0 Å². The fraction of sp³-hybridized carbons (Fsp3) is 0.368. The zero-order chi connectivity index (χ0) is 15.2. The van der Waals surface area contributed by atoms with Gasteiger partial charge in [0.1, 0.15) is 6.04 Å². The largest absolute Gasteiger partial charge is 0.377 e. The van der Waals surface area contributed by atoms with Crippen molar-refractivity contribution < 1.29 is 4.74 Å². The Morgan fingerprint density at radius 1 is 1.00 bits per heavy atom. The molecule has 0 bridgehead atoms. The zero-order valence-corrected chi connectivity index (χ0v) is 12.7. The Morgan fingerprint density at radius 3 is 2.18 bits per heavy atom. The van der Waals surface area contributed by atoms with Gasteiger partial charge in [0.15, 0.2) is 0 Å². The number of ether oxygens (including phenoxy) is 1. The highest BCUT2D eigenvalue weighted by Crippen LogP contribution is 2.50. The van der Waals surface area contributed by atoms with Crippen LogP contribution in [0.25, 0.3) is 0 Å². The number of benzene rings is 2. The van der Waals surface area contributed by atoms with Crippen LogP contribution in [0.5, 0.6) is 0 Å². The quantitative estimate of drug-likeness (QED) is 0.806. The summed E-state index contributed by atoms with van der Waals surface area (Å²) in [7, 11) is 1.77. The van der Waals surface area contributed by atoms with E-state index in [-0.39, 0.29) is 17.6 Å². The zero-order valence-electron chi connectivity index (χ0n) is 12.7. The smallest absolute Gasteiger partial charge is 0.123 e. The Kier molecular flexibility index (Phi) is 3.12. The van der Waals surface area contributed by atoms with Gasteiger partial charge in [-0.2, -0.15) is 4.91 Å². The second kappa shape index (κ2) is 5.03. The van der Waals surface area contributed by atoms with E-state index in [0.29, 0.717) is 0 Å². The minimum absolute atomic E-state index is 0.111. The summed E-state index contributed by atoms with van der Waals surface area (Å²) in [4.78, 5) is 11.6. The van der Waals surface area contributed by atoms with E-state index < -0.39 is 0 Å². The van der Waals surface area contributed by atoms with Crippen LogP contribution in [0.4, 0.5) is 0 Å². The van der Waals surface area contributed by atoms with Gasteiger partial charge in [-0.1, -0.05) is 53.7 Å². The first-order chi connectivity index (χ1) is 10.8. The minimum atomic E-state index is -0.318. The van der Waals surface area contributed by atoms with Crippen LogP contribution in [0.15, 0.2) is 53.7 Å². The summed E-state index contributed by atoms with van der Waals surface area (Å²) in [6.45, 7) is 0. The van der Waals surface area contributed by atoms with Crippen molar-refractivity contribution in [3.8, 4) is 0 Å². The number of hydrogen-bond acceptors (Lipinski definition) is 3. The van der Waals surface area contributed by atoms with Crippen LogP contribution in [-0.4, -0.2) is 12.7 Å². The molecule has 3 heteroatoms. The first kappa shape index (κ1) is 13.6. The molecule has 112 valence electrons. The van der Waals surface area contributed by atoms with E-state index in [0.717, 1.165) is 24.8 Å². The molecule has 0 heterocycles. The Bertz CT molecular complexity index is 700. The van der Waals surface area contributed by atoms with E-state index >= 15 is 0 Å². The van der Waals surface area contributed by atoms with Crippen molar-refractivity contribution in [2.75, 3.05) is 7.11 Å². The van der Waals surface area contributed by atoms with Crippen molar-refractivity contribution in [1.29, 1.82) is 0 Å². The molecule has 2 aliphatic rings. The molecule has 2 unspecified atom stereocenters. The number of nitroso groups, excluding NO2 is 1. The van der Waals surface area contributed by atoms with E-state index in [2.05, 4.69) is 35.5 Å². The molecular formula is C19H19NO2. The van der Waals surface area contributed by atoms with Gasteiger partial charge in [-0.3, -0.25) is 0 Å². The van der Waals surface area contributed by atoms with Gasteiger partial charge in [0.25, 0.3) is 0 Å². The molecule has 0 amide bonds. The minimum Gasteiger partial charge on any atom is -0.377 e. The molecule has 0 spiro atoms. The molecule has 2 aliphatic carbocycles. The molecule has 0 radical (unpaired) electrons. The van der Waals surface area contributed by atoms with E-state index in [1.54, 1.807) is 7.11 Å². The van der Waals surface area contributed by atoms with Crippen LogP contribution in [0, 0.1) is 10.8 Å². The van der Waals surface area contributed by atoms with Crippen molar-refractivity contribution in [3.63, 3.8) is 0 Å². The predicted octanol–water partition coefficient (Wildman–Crippen LogP) is 3.85. The summed E-state index contributed by atoms with van der Waals surface area (Å²) >= 11 is 0. The molecule has 0 aliphatic heterocycles. The molecule has 0 N–H and O–H groups in total. The summed E-state index contributed by atoms with van der Waals surface area (Å²) in [5, 5.41) is 3.48. The number of methoxy groups -OCH3 is 1. The van der Waals surface area contributed by atoms with Gasteiger partial charge in [0, 0.05) is 25.9 Å². The van der Waals surface area contributed by atoms with Gasteiger partial charge in [0.2, 0.25) is 0 Å². The monoisotopic (exact) mass is 293 g/mol. The van der Waals surface area contributed by atoms with Crippen molar-refractivity contribution in [2.45, 2.75) is 30.9 Å². The summed E-state index contributed by atoms with van der Waals surface area (Å²) in [6.07, 6.45) is 2.60. The van der Waals surface area contributed by atoms with Crippen molar-refractivity contribution in [2.24, 2.45) is 11.1 Å². The Morgan fingerprint density at radius 2 is 1.59 bits per heavy atom. The van der Waals surface area contributed by atoms with Gasteiger partial charge in [-0.15, -0.1) is 0 Å². The lowest BCUT2D eigenvalue weighted by molar-refractivity contribution is -0.0551. The van der Waals surface area contributed by atoms with Crippen molar-refractivity contribution >= 4 is 0 Å². The number of fused-ring (bicyclic) bond motifs is 2. The molecule has 0 saturated carbocycles. The van der Waals surface area contributed by atoms with Gasteiger partial charge in [0.05, 0.1) is 5.60 Å². The second-order valence-corrected chi connectivity index (χ2v) is 6.45. The summed E-state index contributed by atoms with van der Waals surface area (Å²) in [5.41, 5.74) is 4.68. The Labute approximate surface area is 130 Å². The summed E-state index contributed by atoms with van der Waals surface area (Å²) in [5.74, 6) is 0.111. The standard InChI is InChI=1S/C19H19NO2/c1-22-19(11-14-7-2-3-8-15(14)12-19)17-10-13-6-4-5-9-16(13)18(17)20-21/h2-9,17-18H,10-12H2,1H3. The third kappa shape index (κ3) is 1.85. The average Bonchev–Trinajstić information content (AvgIpc) is 3.13. The summed E-state index contributed by atoms with van der Waals surface area (Å²) in [6, 6.07) is 16.3. The van der Waals surface area contributed by atoms with Crippen LogP contribution < -0.4 is 0 Å². The molecule has 2 atom stereocenters. The molecule has 2 aromatic rings. The maximum atomic E-state index is 11.6. The fourth-order valence-electron chi connectivity index (χ4n) is 4.35. The summed E-state index contributed by atoms with van der Waals surface area (Å²) < 4.78 is 6.03. The molecular weight excluding hydrogens is 274 g/mol. The predicted molar refractivity (Wildman–Crippen MR) is 85.8 cm³/mol. The van der Waals surface area contributed by atoms with E-state index in [9.17, 15) is 4.91 Å². The molecule has 0 aromatic heterocycles. The maximum absolute atomic E-state index is 11.6. The average molecular weight is 293 g/mol. The number of rotatable bonds is 3. The van der Waals surface area contributed by atoms with Gasteiger partial charge in [-0.05, 0) is 28.7 Å². The van der Waals surface area contributed by atoms with Crippen LogP contribution in [0.1, 0.15) is 28.3 Å². The van der Waals surface area contributed by atoms with Gasteiger partial charge >= 0.3 is 0 Å². The Balaban J connectivity index is 1.74. The molecule has 0 fully saturated rings. The molecule has 4 rings (SSSR count). The second-order valence-electron chi connectivity index (χ2n) is 6.45. The molecule has 3 nitrogen and oxygen atoms in total. The topological polar surface area (TPSA) is 38.7 Å². The van der Waals surface area contributed by atoms with Crippen molar-refractivity contribution in [3.05, 3.63) is 75.7 Å². The van der Waals surface area contributed by atoms with Gasteiger partial charge in [-0.25, -0.2) is 0 Å². The van der Waals surface area contributed by atoms with Crippen LogP contribution >= 0.6 is 0 Å². The van der Waals surface area contributed by atoms with E-state index in [4.69, 9.17) is 4.74 Å². The first-order valence-corrected chi connectivity index (χ1v) is 7.79. The highest BCUT2D eigenvalue weighted by molar-refractivity contribution is 5.41. The molecule has 22 heavy (non-hydrogen) atoms. The number of nitrogens with zero attached hydrogens (tertiary/aromatic N) is 1. The van der Waals surface area contributed by atoms with E-state index in [1.807, 2.05) is 18.2 Å². The van der Waals surface area contributed by atoms with Crippen LogP contribution in [0.3, 0.4) is 0 Å². The third-order valence-electron chi connectivity index (χ3n) is 5.49. The first-order valence-electron chi connectivity index (χ1n) is 7.79. The highest BCUT2D eigenvalue weighted by atomic mass is 16.5. The normalized spacial score (nSPS) is 24.8. The third-order valence-corrected chi connectivity index (χ3v) is 5.49.